The van der Waals surface area contributed by atoms with Crippen molar-refractivity contribution in [3.05, 3.63) is 16.3 Å². The van der Waals surface area contributed by atoms with E-state index >= 15 is 0 Å². The molecule has 2 heterocycles. The lowest BCUT2D eigenvalue weighted by atomic mass is 10.3. The molecule has 1 aromatic rings. The highest BCUT2D eigenvalue weighted by Crippen LogP contribution is 2.18. The lowest BCUT2D eigenvalue weighted by molar-refractivity contribution is 0.0374. The number of ether oxygens (including phenoxy) is 1. The van der Waals surface area contributed by atoms with Crippen LogP contribution in [0.15, 0.2) is 11.4 Å². The normalized spacial score (nSPS) is 16.7. The molecule has 0 aromatic carbocycles. The van der Waals surface area contributed by atoms with Crippen molar-refractivity contribution in [3.8, 4) is 0 Å². The average molecular weight is 269 g/mol. The van der Waals surface area contributed by atoms with Crippen LogP contribution in [0.2, 0.25) is 0 Å². The Balaban J connectivity index is 1.63. The number of nitrogens with one attached hydrogen (secondary N) is 1. The number of hydrogen-bond acceptors (Lipinski definition) is 5. The molecule has 18 heavy (non-hydrogen) atoms. The van der Waals surface area contributed by atoms with Crippen molar-refractivity contribution in [3.63, 3.8) is 0 Å². The maximum atomic E-state index is 11.8. The van der Waals surface area contributed by atoms with Crippen LogP contribution in [-0.2, 0) is 4.74 Å². The number of anilines is 1. The Morgan fingerprint density at radius 3 is 2.94 bits per heavy atom. The van der Waals surface area contributed by atoms with E-state index in [2.05, 4.69) is 10.2 Å². The Hall–Kier alpha value is -1.11. The molecule has 0 unspecified atom stereocenters. The van der Waals surface area contributed by atoms with Gasteiger partial charge in [0, 0.05) is 19.6 Å². The maximum Gasteiger partial charge on any atom is 0.263 e. The first-order valence-electron chi connectivity index (χ1n) is 6.18. The molecular weight excluding hydrogens is 250 g/mol. The van der Waals surface area contributed by atoms with Gasteiger partial charge in [-0.25, -0.2) is 0 Å². The third kappa shape index (κ3) is 3.69. The van der Waals surface area contributed by atoms with Crippen LogP contribution in [0.25, 0.3) is 0 Å². The van der Waals surface area contributed by atoms with Crippen LogP contribution in [0.4, 0.5) is 5.69 Å². The molecule has 0 radical (unpaired) electrons. The summed E-state index contributed by atoms with van der Waals surface area (Å²) in [5.41, 5.74) is 6.25. The van der Waals surface area contributed by atoms with E-state index in [-0.39, 0.29) is 5.91 Å². The van der Waals surface area contributed by atoms with Gasteiger partial charge in [-0.1, -0.05) is 0 Å². The lowest BCUT2D eigenvalue weighted by Crippen LogP contribution is -2.38. The molecule has 0 aliphatic carbocycles. The summed E-state index contributed by atoms with van der Waals surface area (Å²) in [6.45, 7) is 5.31. The van der Waals surface area contributed by atoms with Gasteiger partial charge in [0.2, 0.25) is 0 Å². The zero-order chi connectivity index (χ0) is 12.8. The molecule has 3 N–H and O–H groups in total. The molecule has 1 saturated heterocycles. The number of carbonyl (C=O) groups excluding carboxylic acids is 1. The van der Waals surface area contributed by atoms with Crippen LogP contribution in [-0.4, -0.2) is 50.2 Å². The van der Waals surface area contributed by atoms with E-state index < -0.39 is 0 Å². The highest BCUT2D eigenvalue weighted by molar-refractivity contribution is 7.12. The summed E-state index contributed by atoms with van der Waals surface area (Å²) in [4.78, 5) is 14.7. The van der Waals surface area contributed by atoms with Crippen molar-refractivity contribution >= 4 is 22.9 Å². The molecule has 100 valence electrons. The SMILES string of the molecule is Nc1ccsc1C(=O)NCCCN1CCOCC1. The zero-order valence-electron chi connectivity index (χ0n) is 10.4. The van der Waals surface area contributed by atoms with Crippen LogP contribution < -0.4 is 11.1 Å². The van der Waals surface area contributed by atoms with Crippen LogP contribution in [0.1, 0.15) is 16.1 Å². The van der Waals surface area contributed by atoms with E-state index in [1.165, 1.54) is 11.3 Å². The minimum Gasteiger partial charge on any atom is -0.397 e. The summed E-state index contributed by atoms with van der Waals surface area (Å²) < 4.78 is 5.28. The van der Waals surface area contributed by atoms with E-state index in [9.17, 15) is 4.79 Å². The fourth-order valence-electron chi connectivity index (χ4n) is 1.91. The van der Waals surface area contributed by atoms with Gasteiger partial charge in [0.15, 0.2) is 0 Å². The van der Waals surface area contributed by atoms with Crippen LogP contribution in [0, 0.1) is 0 Å². The van der Waals surface area contributed by atoms with Crippen molar-refractivity contribution in [2.45, 2.75) is 6.42 Å². The first kappa shape index (κ1) is 13.3. The molecule has 0 saturated carbocycles. The second-order valence-electron chi connectivity index (χ2n) is 4.27. The predicted molar refractivity (Wildman–Crippen MR) is 72.9 cm³/mol. The van der Waals surface area contributed by atoms with Gasteiger partial charge in [-0.2, -0.15) is 0 Å². The number of hydrogen-bond donors (Lipinski definition) is 2. The first-order chi connectivity index (χ1) is 8.77. The maximum absolute atomic E-state index is 11.8. The molecule has 1 aliphatic rings. The molecule has 1 fully saturated rings. The van der Waals surface area contributed by atoms with Gasteiger partial charge in [-0.05, 0) is 24.4 Å². The third-order valence-electron chi connectivity index (χ3n) is 2.94. The second kappa shape index (κ2) is 6.72. The highest BCUT2D eigenvalue weighted by Gasteiger charge is 2.12. The predicted octanol–water partition coefficient (Wildman–Crippen LogP) is 0.782. The number of carbonyl (C=O) groups is 1. The average Bonchev–Trinajstić information content (AvgIpc) is 2.82. The van der Waals surface area contributed by atoms with Crippen molar-refractivity contribution in [2.24, 2.45) is 0 Å². The number of rotatable bonds is 5. The summed E-state index contributed by atoms with van der Waals surface area (Å²) in [6.07, 6.45) is 0.955. The molecule has 1 aliphatic heterocycles. The fraction of sp³-hybridized carbons (Fsp3) is 0.583. The summed E-state index contributed by atoms with van der Waals surface area (Å²) in [5, 5.41) is 4.73. The van der Waals surface area contributed by atoms with Crippen LogP contribution >= 0.6 is 11.3 Å². The van der Waals surface area contributed by atoms with Gasteiger partial charge < -0.3 is 15.8 Å². The molecule has 6 heteroatoms. The highest BCUT2D eigenvalue weighted by atomic mass is 32.1. The standard InChI is InChI=1S/C12H19N3O2S/c13-10-2-9-18-11(10)12(16)14-3-1-4-15-5-7-17-8-6-15/h2,9H,1,3-8,13H2,(H,14,16). The van der Waals surface area contributed by atoms with Crippen molar-refractivity contribution < 1.29 is 9.53 Å². The number of thiophene rings is 1. The first-order valence-corrected chi connectivity index (χ1v) is 7.06. The largest absolute Gasteiger partial charge is 0.397 e. The second-order valence-corrected chi connectivity index (χ2v) is 5.18. The van der Waals surface area contributed by atoms with Gasteiger partial charge in [0.1, 0.15) is 4.88 Å². The van der Waals surface area contributed by atoms with Gasteiger partial charge in [0.25, 0.3) is 5.91 Å². The Bertz CT molecular complexity index is 388. The molecule has 0 spiro atoms. The summed E-state index contributed by atoms with van der Waals surface area (Å²) in [7, 11) is 0. The smallest absolute Gasteiger partial charge is 0.263 e. The Morgan fingerprint density at radius 1 is 1.50 bits per heavy atom. The molecule has 1 aromatic heterocycles. The fourth-order valence-corrected chi connectivity index (χ4v) is 2.65. The monoisotopic (exact) mass is 269 g/mol. The Kier molecular flexibility index (Phi) is 4.98. The quantitative estimate of drug-likeness (QED) is 0.775. The van der Waals surface area contributed by atoms with Crippen LogP contribution in [0.5, 0.6) is 0 Å². The summed E-state index contributed by atoms with van der Waals surface area (Å²) in [6, 6.07) is 1.76. The third-order valence-corrected chi connectivity index (χ3v) is 3.87. The Labute approximate surface area is 111 Å². The minimum atomic E-state index is -0.0653. The molecule has 0 atom stereocenters. The molecule has 2 rings (SSSR count). The Morgan fingerprint density at radius 2 is 2.28 bits per heavy atom. The van der Waals surface area contributed by atoms with E-state index in [1.54, 1.807) is 6.07 Å². The van der Waals surface area contributed by atoms with Gasteiger partial charge in [-0.3, -0.25) is 9.69 Å². The molecule has 0 bridgehead atoms. The van der Waals surface area contributed by atoms with Crippen molar-refractivity contribution in [1.29, 1.82) is 0 Å². The molecular formula is C12H19N3O2S. The van der Waals surface area contributed by atoms with E-state index in [0.717, 1.165) is 39.3 Å². The summed E-state index contributed by atoms with van der Waals surface area (Å²) >= 11 is 1.38. The number of nitrogen functional groups attached to an aromatic ring is 1. The lowest BCUT2D eigenvalue weighted by Gasteiger charge is -2.26. The van der Waals surface area contributed by atoms with E-state index in [0.29, 0.717) is 17.1 Å². The number of nitrogens with zero attached hydrogens (tertiary/aromatic N) is 1. The van der Waals surface area contributed by atoms with Crippen molar-refractivity contribution in [2.75, 3.05) is 45.1 Å². The van der Waals surface area contributed by atoms with Gasteiger partial charge in [-0.15, -0.1) is 11.3 Å². The minimum absolute atomic E-state index is 0.0653. The van der Waals surface area contributed by atoms with E-state index in [4.69, 9.17) is 10.5 Å². The van der Waals surface area contributed by atoms with E-state index in [1.807, 2.05) is 5.38 Å². The van der Waals surface area contributed by atoms with Crippen molar-refractivity contribution in [1.82, 2.24) is 10.2 Å². The molecule has 5 nitrogen and oxygen atoms in total. The zero-order valence-corrected chi connectivity index (χ0v) is 11.2. The topological polar surface area (TPSA) is 67.6 Å². The van der Waals surface area contributed by atoms with Gasteiger partial charge in [0.05, 0.1) is 18.9 Å². The number of nitrogens with two attached hydrogens (primary N) is 1. The van der Waals surface area contributed by atoms with Gasteiger partial charge >= 0.3 is 0 Å². The summed E-state index contributed by atoms with van der Waals surface area (Å²) in [5.74, 6) is -0.0653. The number of morpholine rings is 1. The molecule has 1 amide bonds. The number of amides is 1. The van der Waals surface area contributed by atoms with Crippen LogP contribution in [0.3, 0.4) is 0 Å².